The van der Waals surface area contributed by atoms with Gasteiger partial charge in [0.15, 0.2) is 0 Å². The number of anilines is 1. The molecule has 2 heterocycles. The van der Waals surface area contributed by atoms with E-state index in [-0.39, 0.29) is 6.04 Å². The molecule has 1 saturated heterocycles. The van der Waals surface area contributed by atoms with Gasteiger partial charge in [-0.15, -0.1) is 5.10 Å². The van der Waals surface area contributed by atoms with Crippen molar-refractivity contribution in [3.05, 3.63) is 5.89 Å². The Hall–Kier alpha value is -1.19. The molecule has 1 aromatic rings. The van der Waals surface area contributed by atoms with Crippen molar-refractivity contribution in [2.75, 3.05) is 37.3 Å². The van der Waals surface area contributed by atoms with E-state index in [0.29, 0.717) is 38.1 Å². The van der Waals surface area contributed by atoms with Crippen LogP contribution < -0.4 is 10.6 Å². The second kappa shape index (κ2) is 4.82. The molecule has 0 spiro atoms. The summed E-state index contributed by atoms with van der Waals surface area (Å²) in [5.74, 6) is 0.385. The Morgan fingerprint density at radius 1 is 1.28 bits per heavy atom. The van der Waals surface area contributed by atoms with E-state index >= 15 is 0 Å². The topological polar surface area (TPSA) is 106 Å². The SMILES string of the molecule is CC(N)c1nnc(N2CCN(S(C)(=O)=O)CC2)o1. The van der Waals surface area contributed by atoms with Crippen LogP contribution in [-0.2, 0) is 10.0 Å². The Bertz CT molecular complexity index is 504. The lowest BCUT2D eigenvalue weighted by atomic mass is 10.4. The molecule has 18 heavy (non-hydrogen) atoms. The summed E-state index contributed by atoms with van der Waals surface area (Å²) in [6.45, 7) is 3.68. The molecule has 0 aliphatic carbocycles. The van der Waals surface area contributed by atoms with Crippen molar-refractivity contribution >= 4 is 16.0 Å². The summed E-state index contributed by atoms with van der Waals surface area (Å²) in [5, 5.41) is 7.75. The molecule has 9 heteroatoms. The Kier molecular flexibility index (Phi) is 3.55. The highest BCUT2D eigenvalue weighted by Crippen LogP contribution is 2.18. The Balaban J connectivity index is 2.01. The van der Waals surface area contributed by atoms with E-state index in [4.69, 9.17) is 10.2 Å². The molecular weight excluding hydrogens is 258 g/mol. The second-order valence-corrected chi connectivity index (χ2v) is 6.34. The molecule has 2 rings (SSSR count). The van der Waals surface area contributed by atoms with Gasteiger partial charge in [-0.05, 0) is 6.92 Å². The number of sulfonamides is 1. The molecular formula is C9H17N5O3S. The smallest absolute Gasteiger partial charge is 0.318 e. The third-order valence-corrected chi connectivity index (χ3v) is 4.10. The van der Waals surface area contributed by atoms with Crippen molar-refractivity contribution in [1.82, 2.24) is 14.5 Å². The molecule has 2 N–H and O–H groups in total. The number of piperazine rings is 1. The average Bonchev–Trinajstić information content (AvgIpc) is 2.77. The number of hydrogen-bond donors (Lipinski definition) is 1. The monoisotopic (exact) mass is 275 g/mol. The fraction of sp³-hybridized carbons (Fsp3) is 0.778. The van der Waals surface area contributed by atoms with Crippen LogP contribution >= 0.6 is 0 Å². The highest BCUT2D eigenvalue weighted by atomic mass is 32.2. The van der Waals surface area contributed by atoms with Crippen molar-refractivity contribution in [2.45, 2.75) is 13.0 Å². The summed E-state index contributed by atoms with van der Waals surface area (Å²) in [4.78, 5) is 1.86. The van der Waals surface area contributed by atoms with Crippen LogP contribution in [0.1, 0.15) is 18.9 Å². The highest BCUT2D eigenvalue weighted by molar-refractivity contribution is 7.88. The Morgan fingerprint density at radius 3 is 2.33 bits per heavy atom. The molecule has 0 saturated carbocycles. The number of aromatic nitrogens is 2. The van der Waals surface area contributed by atoms with Crippen LogP contribution in [-0.4, -0.2) is 55.4 Å². The van der Waals surface area contributed by atoms with Gasteiger partial charge in [0.1, 0.15) is 0 Å². The summed E-state index contributed by atoms with van der Waals surface area (Å²) in [6, 6.07) is 0.0963. The maximum absolute atomic E-state index is 11.4. The third-order valence-electron chi connectivity index (χ3n) is 2.80. The molecule has 1 aromatic heterocycles. The van der Waals surface area contributed by atoms with Crippen molar-refractivity contribution in [1.29, 1.82) is 0 Å². The summed E-state index contributed by atoms with van der Waals surface area (Å²) in [7, 11) is -3.12. The minimum atomic E-state index is -3.12. The first-order valence-electron chi connectivity index (χ1n) is 5.67. The average molecular weight is 275 g/mol. The minimum Gasteiger partial charge on any atom is -0.406 e. The van der Waals surface area contributed by atoms with E-state index in [1.807, 2.05) is 4.90 Å². The summed E-state index contributed by atoms with van der Waals surface area (Å²) >= 11 is 0. The predicted molar refractivity (Wildman–Crippen MR) is 65.5 cm³/mol. The van der Waals surface area contributed by atoms with Crippen LogP contribution in [0.2, 0.25) is 0 Å². The van der Waals surface area contributed by atoms with Crippen LogP contribution in [0.4, 0.5) is 6.01 Å². The fourth-order valence-electron chi connectivity index (χ4n) is 1.75. The standard InChI is InChI=1S/C9H17N5O3S/c1-7(10)8-11-12-9(17-8)13-3-5-14(6-4-13)18(2,15)16/h7H,3-6,10H2,1-2H3. The van der Waals surface area contributed by atoms with Crippen molar-refractivity contribution in [3.8, 4) is 0 Å². The normalized spacial score (nSPS) is 20.1. The second-order valence-electron chi connectivity index (χ2n) is 4.36. The maximum atomic E-state index is 11.4. The van der Waals surface area contributed by atoms with Gasteiger partial charge in [-0.25, -0.2) is 8.42 Å². The number of nitrogens with two attached hydrogens (primary N) is 1. The molecule has 0 radical (unpaired) electrons. The molecule has 8 nitrogen and oxygen atoms in total. The van der Waals surface area contributed by atoms with Crippen molar-refractivity contribution in [3.63, 3.8) is 0 Å². The van der Waals surface area contributed by atoms with Gasteiger partial charge in [0.25, 0.3) is 0 Å². The lowest BCUT2D eigenvalue weighted by Crippen LogP contribution is -2.48. The lowest BCUT2D eigenvalue weighted by Gasteiger charge is -2.31. The van der Waals surface area contributed by atoms with Gasteiger partial charge >= 0.3 is 6.01 Å². The first kappa shape index (κ1) is 13.2. The van der Waals surface area contributed by atoms with Crippen LogP contribution in [0, 0.1) is 0 Å². The zero-order chi connectivity index (χ0) is 13.3. The van der Waals surface area contributed by atoms with Crippen LogP contribution in [0.5, 0.6) is 0 Å². The molecule has 0 bridgehead atoms. The molecule has 1 fully saturated rings. The van der Waals surface area contributed by atoms with Gasteiger partial charge in [0, 0.05) is 26.2 Å². The van der Waals surface area contributed by atoms with E-state index in [9.17, 15) is 8.42 Å². The third kappa shape index (κ3) is 2.79. The molecule has 1 aliphatic heterocycles. The maximum Gasteiger partial charge on any atom is 0.318 e. The summed E-state index contributed by atoms with van der Waals surface area (Å²) in [5.41, 5.74) is 5.63. The van der Waals surface area contributed by atoms with Crippen LogP contribution in [0.25, 0.3) is 0 Å². The zero-order valence-corrected chi connectivity index (χ0v) is 11.2. The van der Waals surface area contributed by atoms with Gasteiger partial charge < -0.3 is 15.1 Å². The van der Waals surface area contributed by atoms with Crippen LogP contribution in [0.3, 0.4) is 0 Å². The molecule has 1 atom stereocenters. The zero-order valence-electron chi connectivity index (χ0n) is 10.4. The molecule has 1 unspecified atom stereocenters. The van der Waals surface area contributed by atoms with E-state index in [1.54, 1.807) is 6.92 Å². The Labute approximate surface area is 106 Å². The predicted octanol–water partition coefficient (Wildman–Crippen LogP) is -0.829. The van der Waals surface area contributed by atoms with E-state index in [1.165, 1.54) is 10.6 Å². The molecule has 1 aliphatic rings. The number of hydrogen-bond acceptors (Lipinski definition) is 7. The minimum absolute atomic E-state index is 0.302. The van der Waals surface area contributed by atoms with Crippen LogP contribution in [0.15, 0.2) is 4.42 Å². The highest BCUT2D eigenvalue weighted by Gasteiger charge is 2.26. The molecule has 0 aromatic carbocycles. The van der Waals surface area contributed by atoms with E-state index in [0.717, 1.165) is 0 Å². The fourth-order valence-corrected chi connectivity index (χ4v) is 2.58. The first-order chi connectivity index (χ1) is 8.38. The van der Waals surface area contributed by atoms with Gasteiger partial charge in [0.2, 0.25) is 15.9 Å². The number of nitrogens with zero attached hydrogens (tertiary/aromatic N) is 4. The number of rotatable bonds is 3. The summed E-state index contributed by atoms with van der Waals surface area (Å²) < 4.78 is 29.6. The first-order valence-corrected chi connectivity index (χ1v) is 7.52. The Morgan fingerprint density at radius 2 is 1.89 bits per heavy atom. The molecule has 102 valence electrons. The summed E-state index contributed by atoms with van der Waals surface area (Å²) in [6.07, 6.45) is 1.21. The van der Waals surface area contributed by atoms with Gasteiger partial charge in [-0.1, -0.05) is 5.10 Å². The van der Waals surface area contributed by atoms with E-state index < -0.39 is 10.0 Å². The van der Waals surface area contributed by atoms with Gasteiger partial charge in [-0.2, -0.15) is 4.31 Å². The molecule has 0 amide bonds. The quantitative estimate of drug-likeness (QED) is 0.767. The largest absolute Gasteiger partial charge is 0.406 e. The lowest BCUT2D eigenvalue weighted by molar-refractivity contribution is 0.369. The van der Waals surface area contributed by atoms with Gasteiger partial charge in [-0.3, -0.25) is 0 Å². The van der Waals surface area contributed by atoms with Crippen molar-refractivity contribution in [2.24, 2.45) is 5.73 Å². The van der Waals surface area contributed by atoms with Crippen molar-refractivity contribution < 1.29 is 12.8 Å². The van der Waals surface area contributed by atoms with Gasteiger partial charge in [0.05, 0.1) is 12.3 Å². The van der Waals surface area contributed by atoms with E-state index in [2.05, 4.69) is 10.2 Å².